The first kappa shape index (κ1) is 14.6. The van der Waals surface area contributed by atoms with Crippen LogP contribution in [-0.4, -0.2) is 0 Å². The van der Waals surface area contributed by atoms with Crippen LogP contribution in [0.4, 0.5) is 5.69 Å². The molecule has 2 aromatic carbocycles. The van der Waals surface area contributed by atoms with Gasteiger partial charge in [0.15, 0.2) is 0 Å². The number of benzene rings is 2. The highest BCUT2D eigenvalue weighted by Crippen LogP contribution is 2.38. The lowest BCUT2D eigenvalue weighted by Crippen LogP contribution is -1.92. The van der Waals surface area contributed by atoms with Gasteiger partial charge in [-0.2, -0.15) is 0 Å². The molecule has 1 aliphatic rings. The molecule has 1 nitrogen and oxygen atoms in total. The minimum absolute atomic E-state index is 0.787. The minimum Gasteiger partial charge on any atom is -0.399 e. The van der Waals surface area contributed by atoms with Crippen LogP contribution < -0.4 is 5.73 Å². The number of nitrogens with two attached hydrogens (primary N) is 1. The lowest BCUT2D eigenvalue weighted by molar-refractivity contribution is 0.985. The molecule has 23 heavy (non-hydrogen) atoms. The maximum Gasteiger partial charge on any atom is 0.0409 e. The highest BCUT2D eigenvalue weighted by Gasteiger charge is 2.19. The van der Waals surface area contributed by atoms with Crippen LogP contribution in [0, 0.1) is 0 Å². The van der Waals surface area contributed by atoms with Gasteiger partial charge in [0, 0.05) is 15.6 Å². The molecule has 3 heteroatoms. The number of thiophene rings is 1. The molecule has 1 heterocycles. The monoisotopic (exact) mass is 337 g/mol. The summed E-state index contributed by atoms with van der Waals surface area (Å²) >= 11 is 8.04. The molecular formula is C20H16ClNS. The Bertz CT molecular complexity index is 908. The summed E-state index contributed by atoms with van der Waals surface area (Å²) in [5.74, 6) is 0. The molecule has 1 aromatic heterocycles. The molecule has 0 bridgehead atoms. The van der Waals surface area contributed by atoms with Crippen molar-refractivity contribution in [1.82, 2.24) is 0 Å². The molecule has 0 unspecified atom stereocenters. The van der Waals surface area contributed by atoms with Gasteiger partial charge in [0.05, 0.1) is 0 Å². The van der Waals surface area contributed by atoms with Crippen molar-refractivity contribution in [3.8, 4) is 0 Å². The molecule has 114 valence electrons. The zero-order valence-electron chi connectivity index (χ0n) is 12.6. The molecule has 0 spiro atoms. The van der Waals surface area contributed by atoms with E-state index in [1.165, 1.54) is 27.1 Å². The van der Waals surface area contributed by atoms with Gasteiger partial charge in [0.25, 0.3) is 0 Å². The highest BCUT2D eigenvalue weighted by molar-refractivity contribution is 7.10. The van der Waals surface area contributed by atoms with Gasteiger partial charge in [0.2, 0.25) is 0 Å². The lowest BCUT2D eigenvalue weighted by Gasteiger charge is -2.11. The van der Waals surface area contributed by atoms with Gasteiger partial charge in [-0.05, 0) is 82.5 Å². The van der Waals surface area contributed by atoms with Crippen molar-refractivity contribution < 1.29 is 0 Å². The third kappa shape index (κ3) is 2.80. The van der Waals surface area contributed by atoms with Gasteiger partial charge in [-0.15, -0.1) is 11.3 Å². The smallest absolute Gasteiger partial charge is 0.0409 e. The van der Waals surface area contributed by atoms with Crippen molar-refractivity contribution in [3.05, 3.63) is 86.1 Å². The summed E-state index contributed by atoms with van der Waals surface area (Å²) in [6, 6.07) is 16.5. The maximum absolute atomic E-state index is 6.21. The van der Waals surface area contributed by atoms with Crippen LogP contribution in [0.15, 0.2) is 53.9 Å². The quantitative estimate of drug-likeness (QED) is 0.569. The zero-order valence-corrected chi connectivity index (χ0v) is 14.1. The normalized spacial score (nSPS) is 15.1. The molecule has 0 amide bonds. The number of rotatable bonds is 1. The molecular weight excluding hydrogens is 322 g/mol. The number of hydrogen-bond acceptors (Lipinski definition) is 2. The van der Waals surface area contributed by atoms with Crippen LogP contribution in [0.25, 0.3) is 11.6 Å². The molecule has 1 aliphatic carbocycles. The standard InChI is InChI=1S/C20H16ClNS/c21-15-5-6-17-14(12-15)4-7-20-18(8-9-23-20)19(17)11-13-2-1-3-16(22)10-13/h1-3,5-6,8-12H,4,7,22H2. The predicted octanol–water partition coefficient (Wildman–Crippen LogP) is 5.67. The van der Waals surface area contributed by atoms with Gasteiger partial charge in [-0.1, -0.05) is 29.8 Å². The van der Waals surface area contributed by atoms with Crippen LogP contribution in [0.2, 0.25) is 5.02 Å². The van der Waals surface area contributed by atoms with Crippen LogP contribution in [0.5, 0.6) is 0 Å². The Morgan fingerprint density at radius 1 is 1.00 bits per heavy atom. The number of nitrogen functional groups attached to an aromatic ring is 1. The topological polar surface area (TPSA) is 26.0 Å². The van der Waals surface area contributed by atoms with Crippen molar-refractivity contribution >= 4 is 40.3 Å². The summed E-state index contributed by atoms with van der Waals surface area (Å²) in [5, 5.41) is 2.98. The van der Waals surface area contributed by atoms with Crippen molar-refractivity contribution in [1.29, 1.82) is 0 Å². The number of aryl methyl sites for hydroxylation is 2. The SMILES string of the molecule is Nc1cccc(C=C2c3ccc(Cl)cc3CCc3sccc32)c1. The minimum atomic E-state index is 0.787. The Labute approximate surface area is 145 Å². The van der Waals surface area contributed by atoms with Crippen molar-refractivity contribution in [2.75, 3.05) is 5.73 Å². The molecule has 0 atom stereocenters. The maximum atomic E-state index is 6.21. The largest absolute Gasteiger partial charge is 0.399 e. The molecule has 0 saturated carbocycles. The third-order valence-electron chi connectivity index (χ3n) is 4.24. The third-order valence-corrected chi connectivity index (χ3v) is 5.45. The van der Waals surface area contributed by atoms with Crippen molar-refractivity contribution in [3.63, 3.8) is 0 Å². The van der Waals surface area contributed by atoms with Crippen LogP contribution in [0.1, 0.15) is 27.1 Å². The van der Waals surface area contributed by atoms with E-state index in [0.29, 0.717) is 0 Å². The Hall–Kier alpha value is -2.03. The average Bonchev–Trinajstić information content (AvgIpc) is 2.94. The fourth-order valence-corrected chi connectivity index (χ4v) is 4.26. The van der Waals surface area contributed by atoms with Crippen LogP contribution >= 0.6 is 22.9 Å². The van der Waals surface area contributed by atoms with Gasteiger partial charge in [-0.3, -0.25) is 0 Å². The molecule has 4 rings (SSSR count). The van der Waals surface area contributed by atoms with Crippen LogP contribution in [0.3, 0.4) is 0 Å². The zero-order chi connectivity index (χ0) is 15.8. The molecule has 0 radical (unpaired) electrons. The second-order valence-electron chi connectivity index (χ2n) is 5.79. The summed E-state index contributed by atoms with van der Waals surface area (Å²) < 4.78 is 0. The van der Waals surface area contributed by atoms with E-state index < -0.39 is 0 Å². The second kappa shape index (κ2) is 5.88. The van der Waals surface area contributed by atoms with Gasteiger partial charge >= 0.3 is 0 Å². The van der Waals surface area contributed by atoms with Gasteiger partial charge in [0.1, 0.15) is 0 Å². The lowest BCUT2D eigenvalue weighted by atomic mass is 9.94. The fraction of sp³-hybridized carbons (Fsp3) is 0.100. The van der Waals surface area contributed by atoms with E-state index in [4.69, 9.17) is 17.3 Å². The van der Waals surface area contributed by atoms with E-state index >= 15 is 0 Å². The Morgan fingerprint density at radius 2 is 1.91 bits per heavy atom. The number of halogens is 1. The fourth-order valence-electron chi connectivity index (χ4n) is 3.17. The highest BCUT2D eigenvalue weighted by atomic mass is 35.5. The summed E-state index contributed by atoms with van der Waals surface area (Å²) in [6.07, 6.45) is 4.33. The Balaban J connectivity index is 1.95. The van der Waals surface area contributed by atoms with Crippen molar-refractivity contribution in [2.45, 2.75) is 12.8 Å². The summed E-state index contributed by atoms with van der Waals surface area (Å²) in [7, 11) is 0. The second-order valence-corrected chi connectivity index (χ2v) is 7.22. The summed E-state index contributed by atoms with van der Waals surface area (Å²) in [4.78, 5) is 1.44. The van der Waals surface area contributed by atoms with Crippen LogP contribution in [-0.2, 0) is 12.8 Å². The Morgan fingerprint density at radius 3 is 2.78 bits per heavy atom. The first-order chi connectivity index (χ1) is 11.2. The van der Waals surface area contributed by atoms with Gasteiger partial charge in [-0.25, -0.2) is 0 Å². The number of anilines is 1. The molecule has 0 aliphatic heterocycles. The number of hydrogen-bond donors (Lipinski definition) is 1. The molecule has 3 aromatic rings. The molecule has 2 N–H and O–H groups in total. The van der Waals surface area contributed by atoms with E-state index in [1.54, 1.807) is 0 Å². The van der Waals surface area contributed by atoms with E-state index in [2.05, 4.69) is 35.7 Å². The molecule has 0 saturated heterocycles. The average molecular weight is 338 g/mol. The van der Waals surface area contributed by atoms with Crippen molar-refractivity contribution in [2.24, 2.45) is 0 Å². The first-order valence-corrected chi connectivity index (χ1v) is 8.89. The summed E-state index contributed by atoms with van der Waals surface area (Å²) in [6.45, 7) is 0. The first-order valence-electron chi connectivity index (χ1n) is 7.63. The van der Waals surface area contributed by atoms with E-state index in [1.807, 2.05) is 35.6 Å². The van der Waals surface area contributed by atoms with E-state index in [0.717, 1.165) is 29.1 Å². The summed E-state index contributed by atoms with van der Waals surface area (Å²) in [5.41, 5.74) is 13.0. The molecule has 0 fully saturated rings. The Kier molecular flexibility index (Phi) is 3.72. The van der Waals surface area contributed by atoms with E-state index in [-0.39, 0.29) is 0 Å². The predicted molar refractivity (Wildman–Crippen MR) is 101 cm³/mol. The van der Waals surface area contributed by atoms with E-state index in [9.17, 15) is 0 Å². The number of fused-ring (bicyclic) bond motifs is 2. The van der Waals surface area contributed by atoms with Gasteiger partial charge < -0.3 is 5.73 Å².